The molecule has 1 heterocycles. The molecule has 0 radical (unpaired) electrons. The van der Waals surface area contributed by atoms with Crippen molar-refractivity contribution in [2.24, 2.45) is 0 Å². The largest absolute Gasteiger partial charge is 0.336 e. The van der Waals surface area contributed by atoms with Crippen LogP contribution in [0.1, 0.15) is 41.2 Å². The third-order valence-electron chi connectivity index (χ3n) is 3.21. The number of carbonyl (C=O) groups is 1. The van der Waals surface area contributed by atoms with Gasteiger partial charge in [-0.05, 0) is 18.1 Å². The number of hydrogen-bond donors (Lipinski definition) is 0. The first-order valence-corrected chi connectivity index (χ1v) is 6.34. The highest BCUT2D eigenvalue weighted by Crippen LogP contribution is 2.19. The Hall–Kier alpha value is -2.34. The van der Waals surface area contributed by atoms with Gasteiger partial charge in [-0.25, -0.2) is 0 Å². The van der Waals surface area contributed by atoms with Crippen LogP contribution >= 0.6 is 0 Å². The van der Waals surface area contributed by atoms with Crippen LogP contribution in [-0.4, -0.2) is 10.4 Å². The van der Waals surface area contributed by atoms with Crippen molar-refractivity contribution in [1.29, 1.82) is 5.26 Å². The quantitative estimate of drug-likeness (QED) is 0.784. The van der Waals surface area contributed by atoms with E-state index >= 15 is 0 Å². The second kappa shape index (κ2) is 5.53. The molecule has 2 rings (SSSR count). The number of nitriles is 1. The van der Waals surface area contributed by atoms with Crippen molar-refractivity contribution in [3.63, 3.8) is 0 Å². The molecule has 0 aliphatic rings. The molecule has 2 aromatic rings. The van der Waals surface area contributed by atoms with E-state index in [9.17, 15) is 4.79 Å². The molecule has 0 amide bonds. The molecule has 3 heteroatoms. The van der Waals surface area contributed by atoms with Gasteiger partial charge < -0.3 is 4.57 Å². The fourth-order valence-electron chi connectivity index (χ4n) is 2.31. The molecule has 1 aromatic carbocycles. The Balaban J connectivity index is 2.51. The topological polar surface area (TPSA) is 45.8 Å². The minimum atomic E-state index is -0.00729. The molecule has 0 aliphatic carbocycles. The third kappa shape index (κ3) is 2.58. The minimum absolute atomic E-state index is 0.00729. The van der Waals surface area contributed by atoms with Crippen LogP contribution in [0.3, 0.4) is 0 Å². The number of ketones is 1. The van der Waals surface area contributed by atoms with E-state index in [1.54, 1.807) is 6.07 Å². The highest BCUT2D eigenvalue weighted by atomic mass is 16.1. The zero-order valence-corrected chi connectivity index (χ0v) is 11.2. The van der Waals surface area contributed by atoms with Gasteiger partial charge in [0.25, 0.3) is 0 Å². The van der Waals surface area contributed by atoms with Gasteiger partial charge in [-0.15, -0.1) is 0 Å². The smallest absolute Gasteiger partial charge is 0.176 e. The van der Waals surface area contributed by atoms with Crippen LogP contribution in [0.4, 0.5) is 0 Å². The summed E-state index contributed by atoms with van der Waals surface area (Å²) in [6.45, 7) is 4.17. The lowest BCUT2D eigenvalue weighted by Crippen LogP contribution is -2.10. The molecule has 3 nitrogen and oxygen atoms in total. The Kier molecular flexibility index (Phi) is 3.82. The van der Waals surface area contributed by atoms with Gasteiger partial charge in [0.1, 0.15) is 6.07 Å². The van der Waals surface area contributed by atoms with Gasteiger partial charge in [0.15, 0.2) is 5.78 Å². The third-order valence-corrected chi connectivity index (χ3v) is 3.21. The molecule has 0 saturated heterocycles. The van der Waals surface area contributed by atoms with E-state index in [2.05, 4.69) is 6.07 Å². The molecule has 0 saturated carbocycles. The van der Waals surface area contributed by atoms with Gasteiger partial charge in [0.2, 0.25) is 0 Å². The average Bonchev–Trinajstić information content (AvgIpc) is 2.77. The van der Waals surface area contributed by atoms with Gasteiger partial charge in [-0.2, -0.15) is 5.26 Å². The zero-order valence-electron chi connectivity index (χ0n) is 11.2. The summed E-state index contributed by atoms with van der Waals surface area (Å²) in [4.78, 5) is 11.7. The van der Waals surface area contributed by atoms with E-state index in [1.165, 1.54) is 6.92 Å². The minimum Gasteiger partial charge on any atom is -0.336 e. The molecule has 1 aromatic heterocycles. The number of benzene rings is 1. The Morgan fingerprint density at radius 3 is 2.53 bits per heavy atom. The van der Waals surface area contributed by atoms with Crippen molar-refractivity contribution in [2.75, 3.05) is 0 Å². The first-order valence-electron chi connectivity index (χ1n) is 6.34. The molecule has 0 aliphatic heterocycles. The lowest BCUT2D eigenvalue weighted by molar-refractivity contribution is 0.100. The summed E-state index contributed by atoms with van der Waals surface area (Å²) >= 11 is 0. The molecule has 96 valence electrons. The van der Waals surface area contributed by atoms with Crippen LogP contribution in [0.5, 0.6) is 0 Å². The summed E-state index contributed by atoms with van der Waals surface area (Å²) in [7, 11) is 0. The maximum absolute atomic E-state index is 11.7. The van der Waals surface area contributed by atoms with E-state index in [4.69, 9.17) is 5.26 Å². The highest BCUT2D eigenvalue weighted by Gasteiger charge is 2.16. The van der Waals surface area contributed by atoms with Crippen LogP contribution in [-0.2, 0) is 13.0 Å². The number of Topliss-reactive ketones (excluding diaryl/α,β-unsaturated/α-hetero) is 1. The molecule has 0 atom stereocenters. The summed E-state index contributed by atoms with van der Waals surface area (Å²) in [6.07, 6.45) is 0.739. The normalized spacial score (nSPS) is 10.2. The molecular weight excluding hydrogens is 236 g/mol. The number of aromatic nitrogens is 1. The predicted octanol–water partition coefficient (Wildman–Crippen LogP) is 3.17. The second-order valence-corrected chi connectivity index (χ2v) is 4.48. The summed E-state index contributed by atoms with van der Waals surface area (Å²) in [5, 5.41) is 9.16. The van der Waals surface area contributed by atoms with Gasteiger partial charge in [-0.1, -0.05) is 37.3 Å². The fourth-order valence-corrected chi connectivity index (χ4v) is 2.31. The van der Waals surface area contributed by atoms with Crippen LogP contribution in [0.2, 0.25) is 0 Å². The van der Waals surface area contributed by atoms with E-state index < -0.39 is 0 Å². The number of nitrogens with zero attached hydrogens (tertiary/aromatic N) is 2. The van der Waals surface area contributed by atoms with Crippen molar-refractivity contribution in [3.05, 3.63) is 58.9 Å². The zero-order chi connectivity index (χ0) is 13.8. The SMILES string of the molecule is CCc1c(C#N)cc(C(C)=O)n1Cc1ccccc1. The molecular formula is C16H16N2O. The monoisotopic (exact) mass is 252 g/mol. The Morgan fingerprint density at radius 1 is 1.32 bits per heavy atom. The predicted molar refractivity (Wildman–Crippen MR) is 74.1 cm³/mol. The summed E-state index contributed by atoms with van der Waals surface area (Å²) in [6, 6.07) is 13.8. The van der Waals surface area contributed by atoms with E-state index in [-0.39, 0.29) is 5.78 Å². The van der Waals surface area contributed by atoms with Gasteiger partial charge in [-0.3, -0.25) is 4.79 Å². The molecule has 19 heavy (non-hydrogen) atoms. The van der Waals surface area contributed by atoms with Crippen molar-refractivity contribution in [1.82, 2.24) is 4.57 Å². The highest BCUT2D eigenvalue weighted by molar-refractivity contribution is 5.93. The van der Waals surface area contributed by atoms with Gasteiger partial charge in [0, 0.05) is 19.2 Å². The molecule has 0 bridgehead atoms. The van der Waals surface area contributed by atoms with Crippen LogP contribution in [0, 0.1) is 11.3 Å². The maximum Gasteiger partial charge on any atom is 0.176 e. The van der Waals surface area contributed by atoms with Crippen molar-refractivity contribution >= 4 is 5.78 Å². The van der Waals surface area contributed by atoms with E-state index in [0.29, 0.717) is 17.8 Å². The Bertz CT molecular complexity index is 633. The second-order valence-electron chi connectivity index (χ2n) is 4.48. The number of hydrogen-bond acceptors (Lipinski definition) is 2. The van der Waals surface area contributed by atoms with Crippen molar-refractivity contribution < 1.29 is 4.79 Å². The lowest BCUT2D eigenvalue weighted by Gasteiger charge is -2.11. The first kappa shape index (κ1) is 13.1. The van der Waals surface area contributed by atoms with E-state index in [1.807, 2.05) is 41.8 Å². The Labute approximate surface area is 113 Å². The van der Waals surface area contributed by atoms with Crippen molar-refractivity contribution in [3.8, 4) is 6.07 Å². The van der Waals surface area contributed by atoms with Gasteiger partial charge >= 0.3 is 0 Å². The molecule has 0 N–H and O–H groups in total. The Morgan fingerprint density at radius 2 is 2.00 bits per heavy atom. The van der Waals surface area contributed by atoms with Crippen LogP contribution in [0.15, 0.2) is 36.4 Å². The summed E-state index contributed by atoms with van der Waals surface area (Å²) < 4.78 is 1.95. The summed E-state index contributed by atoms with van der Waals surface area (Å²) in [5.74, 6) is -0.00729. The standard InChI is InChI=1S/C16H16N2O/c1-3-15-14(10-17)9-16(12(2)19)18(15)11-13-7-5-4-6-8-13/h4-9H,3,11H2,1-2H3. The maximum atomic E-state index is 11.7. The van der Waals surface area contributed by atoms with Crippen LogP contribution < -0.4 is 0 Å². The van der Waals surface area contributed by atoms with Crippen LogP contribution in [0.25, 0.3) is 0 Å². The number of carbonyl (C=O) groups excluding carboxylic acids is 1. The number of rotatable bonds is 4. The van der Waals surface area contributed by atoms with Gasteiger partial charge in [0.05, 0.1) is 11.3 Å². The van der Waals surface area contributed by atoms with Crippen molar-refractivity contribution in [2.45, 2.75) is 26.8 Å². The molecule has 0 unspecified atom stereocenters. The average molecular weight is 252 g/mol. The molecule has 0 fully saturated rings. The first-order chi connectivity index (χ1) is 9.17. The summed E-state index contributed by atoms with van der Waals surface area (Å²) in [5.41, 5.74) is 3.26. The molecule has 0 spiro atoms. The van der Waals surface area contributed by atoms with E-state index in [0.717, 1.165) is 17.7 Å². The fraction of sp³-hybridized carbons (Fsp3) is 0.250. The lowest BCUT2D eigenvalue weighted by atomic mass is 10.2.